The number of anilines is 1. The molecule has 114 valence electrons. The first-order valence-corrected chi connectivity index (χ1v) is 7.39. The fourth-order valence-corrected chi connectivity index (χ4v) is 2.41. The van der Waals surface area contributed by atoms with E-state index in [-0.39, 0.29) is 6.04 Å². The van der Waals surface area contributed by atoms with Crippen molar-refractivity contribution in [1.82, 2.24) is 4.98 Å². The van der Waals surface area contributed by atoms with Gasteiger partial charge in [0.05, 0.1) is 18.7 Å². The summed E-state index contributed by atoms with van der Waals surface area (Å²) in [5, 5.41) is 12.3. The summed E-state index contributed by atoms with van der Waals surface area (Å²) >= 11 is 0. The number of ether oxygens (including phenoxy) is 1. The first kappa shape index (κ1) is 15.8. The lowest BCUT2D eigenvalue weighted by Gasteiger charge is -2.23. The van der Waals surface area contributed by atoms with E-state index in [4.69, 9.17) is 10.00 Å². The fraction of sp³-hybridized carbons (Fsp3) is 0.333. The van der Waals surface area contributed by atoms with Crippen LogP contribution in [-0.4, -0.2) is 12.1 Å². The minimum Gasteiger partial charge on any atom is -0.496 e. The summed E-state index contributed by atoms with van der Waals surface area (Å²) in [7, 11) is 1.69. The van der Waals surface area contributed by atoms with E-state index in [0.717, 1.165) is 23.6 Å². The molecule has 0 aliphatic rings. The molecule has 1 aromatic heterocycles. The monoisotopic (exact) mass is 295 g/mol. The highest BCUT2D eigenvalue weighted by Gasteiger charge is 2.17. The van der Waals surface area contributed by atoms with Crippen LogP contribution in [0.1, 0.15) is 37.4 Å². The Hall–Kier alpha value is -2.54. The normalized spacial score (nSPS) is 11.8. The van der Waals surface area contributed by atoms with E-state index >= 15 is 0 Å². The molecule has 0 spiro atoms. The molecule has 22 heavy (non-hydrogen) atoms. The molecule has 0 radical (unpaired) electrons. The van der Waals surface area contributed by atoms with E-state index in [1.807, 2.05) is 24.3 Å². The Bertz CT molecular complexity index is 644. The standard InChI is InChI=1S/C18H21N3O/c1-13(2)10-16(15-6-4-5-7-17(15)22-3)21-18-9-8-14(11-19)12-20-18/h4-9,12-13,16H,10H2,1-3H3,(H,20,21). The van der Waals surface area contributed by atoms with Crippen LogP contribution < -0.4 is 10.1 Å². The number of nitrogens with one attached hydrogen (secondary N) is 1. The van der Waals surface area contributed by atoms with Gasteiger partial charge in [-0.15, -0.1) is 0 Å². The van der Waals surface area contributed by atoms with Gasteiger partial charge in [0.1, 0.15) is 17.6 Å². The molecule has 0 bridgehead atoms. The Balaban J connectivity index is 2.27. The smallest absolute Gasteiger partial charge is 0.126 e. The molecule has 4 nitrogen and oxygen atoms in total. The van der Waals surface area contributed by atoms with Crippen molar-refractivity contribution < 1.29 is 4.74 Å². The molecule has 0 fully saturated rings. The molecule has 2 rings (SSSR count). The lowest BCUT2D eigenvalue weighted by molar-refractivity contribution is 0.402. The van der Waals surface area contributed by atoms with Gasteiger partial charge in [0, 0.05) is 11.8 Å². The van der Waals surface area contributed by atoms with Crippen LogP contribution in [-0.2, 0) is 0 Å². The predicted molar refractivity (Wildman–Crippen MR) is 87.8 cm³/mol. The van der Waals surface area contributed by atoms with Gasteiger partial charge in [0.25, 0.3) is 0 Å². The second kappa shape index (κ2) is 7.46. The zero-order valence-electron chi connectivity index (χ0n) is 13.2. The van der Waals surface area contributed by atoms with Crippen LogP contribution >= 0.6 is 0 Å². The fourth-order valence-electron chi connectivity index (χ4n) is 2.41. The second-order valence-corrected chi connectivity index (χ2v) is 5.61. The van der Waals surface area contributed by atoms with Crippen LogP contribution in [0, 0.1) is 17.2 Å². The zero-order chi connectivity index (χ0) is 15.9. The molecule has 0 aliphatic carbocycles. The van der Waals surface area contributed by atoms with E-state index < -0.39 is 0 Å². The minimum atomic E-state index is 0.108. The number of nitrogens with zero attached hydrogens (tertiary/aromatic N) is 2. The van der Waals surface area contributed by atoms with Crippen molar-refractivity contribution in [3.8, 4) is 11.8 Å². The minimum absolute atomic E-state index is 0.108. The summed E-state index contributed by atoms with van der Waals surface area (Å²) in [5.74, 6) is 2.16. The number of nitriles is 1. The largest absolute Gasteiger partial charge is 0.496 e. The van der Waals surface area contributed by atoms with Crippen molar-refractivity contribution >= 4 is 5.82 Å². The van der Waals surface area contributed by atoms with Gasteiger partial charge in [0.15, 0.2) is 0 Å². The molecule has 2 aromatic rings. The molecule has 0 amide bonds. The van der Waals surface area contributed by atoms with Gasteiger partial charge in [-0.05, 0) is 30.5 Å². The third kappa shape index (κ3) is 3.98. The summed E-state index contributed by atoms with van der Waals surface area (Å²) in [6.45, 7) is 4.38. The summed E-state index contributed by atoms with van der Waals surface area (Å²) in [6, 6.07) is 13.8. The van der Waals surface area contributed by atoms with Gasteiger partial charge >= 0.3 is 0 Å². The van der Waals surface area contributed by atoms with Gasteiger partial charge in [-0.25, -0.2) is 4.98 Å². The van der Waals surface area contributed by atoms with Crippen LogP contribution in [0.3, 0.4) is 0 Å². The SMILES string of the molecule is COc1ccccc1C(CC(C)C)Nc1ccc(C#N)cn1. The Labute approximate surface area is 131 Å². The lowest BCUT2D eigenvalue weighted by atomic mass is 9.96. The van der Waals surface area contributed by atoms with Crippen LogP contribution in [0.25, 0.3) is 0 Å². The summed E-state index contributed by atoms with van der Waals surface area (Å²) in [6.07, 6.45) is 2.54. The van der Waals surface area contributed by atoms with E-state index in [1.165, 1.54) is 0 Å². The van der Waals surface area contributed by atoms with Crippen molar-refractivity contribution in [3.05, 3.63) is 53.7 Å². The first-order chi connectivity index (χ1) is 10.6. The van der Waals surface area contributed by atoms with Crippen molar-refractivity contribution in [2.75, 3.05) is 12.4 Å². The van der Waals surface area contributed by atoms with Gasteiger partial charge in [0.2, 0.25) is 0 Å². The van der Waals surface area contributed by atoms with E-state index in [0.29, 0.717) is 11.5 Å². The molecule has 1 N–H and O–H groups in total. The number of para-hydroxylation sites is 1. The lowest BCUT2D eigenvalue weighted by Crippen LogP contribution is -2.15. The molecular formula is C18H21N3O. The Kier molecular flexibility index (Phi) is 5.37. The maximum atomic E-state index is 8.85. The van der Waals surface area contributed by atoms with Crippen LogP contribution in [0.5, 0.6) is 5.75 Å². The Morgan fingerprint density at radius 3 is 2.59 bits per heavy atom. The van der Waals surface area contributed by atoms with Gasteiger partial charge in [-0.1, -0.05) is 32.0 Å². The molecular weight excluding hydrogens is 274 g/mol. The topological polar surface area (TPSA) is 57.9 Å². The second-order valence-electron chi connectivity index (χ2n) is 5.61. The number of methoxy groups -OCH3 is 1. The number of pyridine rings is 1. The van der Waals surface area contributed by atoms with Crippen molar-refractivity contribution in [2.45, 2.75) is 26.3 Å². The summed E-state index contributed by atoms with van der Waals surface area (Å²) in [4.78, 5) is 4.30. The van der Waals surface area contributed by atoms with Gasteiger partial charge in [-0.3, -0.25) is 0 Å². The molecule has 0 aliphatic heterocycles. The quantitative estimate of drug-likeness (QED) is 0.869. The van der Waals surface area contributed by atoms with Crippen molar-refractivity contribution in [2.24, 2.45) is 5.92 Å². The van der Waals surface area contributed by atoms with Gasteiger partial charge < -0.3 is 10.1 Å². The van der Waals surface area contributed by atoms with Gasteiger partial charge in [-0.2, -0.15) is 5.26 Å². The number of hydrogen-bond donors (Lipinski definition) is 1. The molecule has 0 saturated heterocycles. The third-order valence-corrected chi connectivity index (χ3v) is 3.44. The molecule has 1 atom stereocenters. The third-order valence-electron chi connectivity index (χ3n) is 3.44. The highest BCUT2D eigenvalue weighted by molar-refractivity contribution is 5.45. The highest BCUT2D eigenvalue weighted by Crippen LogP contribution is 2.31. The average Bonchev–Trinajstić information content (AvgIpc) is 2.54. The predicted octanol–water partition coefficient (Wildman–Crippen LogP) is 4.16. The maximum absolute atomic E-state index is 8.85. The molecule has 1 unspecified atom stereocenters. The maximum Gasteiger partial charge on any atom is 0.126 e. The van der Waals surface area contributed by atoms with Crippen molar-refractivity contribution in [1.29, 1.82) is 5.26 Å². The van der Waals surface area contributed by atoms with E-state index in [1.54, 1.807) is 19.4 Å². The zero-order valence-corrected chi connectivity index (χ0v) is 13.2. The van der Waals surface area contributed by atoms with E-state index in [2.05, 4.69) is 36.3 Å². The number of rotatable bonds is 6. The van der Waals surface area contributed by atoms with Crippen LogP contribution in [0.4, 0.5) is 5.82 Å². The molecule has 0 saturated carbocycles. The summed E-state index contributed by atoms with van der Waals surface area (Å²) < 4.78 is 5.48. The molecule has 1 aromatic carbocycles. The number of benzene rings is 1. The highest BCUT2D eigenvalue weighted by atomic mass is 16.5. The first-order valence-electron chi connectivity index (χ1n) is 7.39. The molecule has 4 heteroatoms. The summed E-state index contributed by atoms with van der Waals surface area (Å²) in [5.41, 5.74) is 1.67. The van der Waals surface area contributed by atoms with Crippen LogP contribution in [0.15, 0.2) is 42.6 Å². The average molecular weight is 295 g/mol. The van der Waals surface area contributed by atoms with E-state index in [9.17, 15) is 0 Å². The number of aromatic nitrogens is 1. The van der Waals surface area contributed by atoms with Crippen LogP contribution in [0.2, 0.25) is 0 Å². The Morgan fingerprint density at radius 2 is 2.00 bits per heavy atom. The number of hydrogen-bond acceptors (Lipinski definition) is 4. The van der Waals surface area contributed by atoms with Crippen molar-refractivity contribution in [3.63, 3.8) is 0 Å². The Morgan fingerprint density at radius 1 is 1.23 bits per heavy atom. The molecule has 1 heterocycles.